The fourth-order valence-electron chi connectivity index (χ4n) is 1.61. The third-order valence-electron chi connectivity index (χ3n) is 2.47. The molecular weight excluding hydrogens is 216 g/mol. The van der Waals surface area contributed by atoms with E-state index in [1.807, 2.05) is 32.0 Å². The molecule has 2 aromatic heterocycles. The summed E-state index contributed by atoms with van der Waals surface area (Å²) in [5, 5.41) is 3.28. The second-order valence-electron chi connectivity index (χ2n) is 3.89. The molecule has 1 N–H and O–H groups in total. The molecule has 0 aliphatic carbocycles. The number of rotatable bonds is 4. The summed E-state index contributed by atoms with van der Waals surface area (Å²) in [7, 11) is 1.63. The summed E-state index contributed by atoms with van der Waals surface area (Å²) in [5.74, 6) is 2.55. The molecular formula is C13H16N2O2. The lowest BCUT2D eigenvalue weighted by molar-refractivity contribution is 0.414. The van der Waals surface area contributed by atoms with Gasteiger partial charge in [-0.05, 0) is 32.0 Å². The van der Waals surface area contributed by atoms with Crippen molar-refractivity contribution in [1.82, 2.24) is 4.98 Å². The van der Waals surface area contributed by atoms with Gasteiger partial charge in [-0.2, -0.15) is 0 Å². The van der Waals surface area contributed by atoms with Gasteiger partial charge in [0.15, 0.2) is 5.75 Å². The minimum absolute atomic E-state index is 0.633. The number of anilines is 1. The lowest BCUT2D eigenvalue weighted by Gasteiger charge is -2.10. The van der Waals surface area contributed by atoms with Crippen molar-refractivity contribution in [1.29, 1.82) is 0 Å². The third-order valence-corrected chi connectivity index (χ3v) is 2.47. The summed E-state index contributed by atoms with van der Waals surface area (Å²) < 4.78 is 10.7. The molecule has 2 rings (SSSR count). The second-order valence-corrected chi connectivity index (χ2v) is 3.89. The first-order valence-electron chi connectivity index (χ1n) is 5.49. The van der Waals surface area contributed by atoms with Crippen LogP contribution < -0.4 is 10.1 Å². The van der Waals surface area contributed by atoms with Gasteiger partial charge >= 0.3 is 0 Å². The Kier molecular flexibility index (Phi) is 3.32. The van der Waals surface area contributed by atoms with Crippen LogP contribution in [0.25, 0.3) is 0 Å². The van der Waals surface area contributed by atoms with E-state index >= 15 is 0 Å². The minimum atomic E-state index is 0.633. The number of hydrogen-bond acceptors (Lipinski definition) is 4. The fourth-order valence-corrected chi connectivity index (χ4v) is 1.61. The molecule has 0 atom stereocenters. The van der Waals surface area contributed by atoms with Crippen LogP contribution in [0.15, 0.2) is 28.8 Å². The molecule has 4 heteroatoms. The first-order valence-corrected chi connectivity index (χ1v) is 5.49. The first-order chi connectivity index (χ1) is 8.19. The van der Waals surface area contributed by atoms with Gasteiger partial charge < -0.3 is 14.5 Å². The Labute approximate surface area is 101 Å². The quantitative estimate of drug-likeness (QED) is 0.880. The lowest BCUT2D eigenvalue weighted by Crippen LogP contribution is -2.01. The second kappa shape index (κ2) is 4.91. The van der Waals surface area contributed by atoms with Gasteiger partial charge in [0.05, 0.1) is 25.5 Å². The maximum absolute atomic E-state index is 5.49. The van der Waals surface area contributed by atoms with Crippen molar-refractivity contribution in [2.45, 2.75) is 20.4 Å². The molecule has 90 valence electrons. The Morgan fingerprint density at radius 1 is 1.35 bits per heavy atom. The first kappa shape index (κ1) is 11.5. The molecule has 2 heterocycles. The monoisotopic (exact) mass is 232 g/mol. The molecule has 0 saturated heterocycles. The van der Waals surface area contributed by atoms with Gasteiger partial charge in [0.1, 0.15) is 11.5 Å². The SMILES string of the molecule is COc1cnc(C)cc1NCc1ccc(C)o1. The van der Waals surface area contributed by atoms with Crippen LogP contribution in [-0.4, -0.2) is 12.1 Å². The van der Waals surface area contributed by atoms with Gasteiger partial charge in [0.25, 0.3) is 0 Å². The molecule has 2 aromatic rings. The number of nitrogens with one attached hydrogen (secondary N) is 1. The van der Waals surface area contributed by atoms with E-state index in [1.54, 1.807) is 13.3 Å². The van der Waals surface area contributed by atoms with Crippen LogP contribution in [0.3, 0.4) is 0 Å². The molecule has 0 radical (unpaired) electrons. The smallest absolute Gasteiger partial charge is 0.160 e. The summed E-state index contributed by atoms with van der Waals surface area (Å²) >= 11 is 0. The van der Waals surface area contributed by atoms with Crippen molar-refractivity contribution in [3.8, 4) is 5.75 Å². The Morgan fingerprint density at radius 3 is 2.82 bits per heavy atom. The van der Waals surface area contributed by atoms with E-state index in [2.05, 4.69) is 10.3 Å². The average molecular weight is 232 g/mol. The highest BCUT2D eigenvalue weighted by atomic mass is 16.5. The maximum atomic E-state index is 5.49. The summed E-state index contributed by atoms with van der Waals surface area (Å²) in [6, 6.07) is 5.86. The van der Waals surface area contributed by atoms with Crippen molar-refractivity contribution in [3.63, 3.8) is 0 Å². The molecule has 4 nitrogen and oxygen atoms in total. The Hall–Kier alpha value is -1.97. The van der Waals surface area contributed by atoms with E-state index < -0.39 is 0 Å². The fraction of sp³-hybridized carbons (Fsp3) is 0.308. The average Bonchev–Trinajstić information content (AvgIpc) is 2.73. The molecule has 0 aliphatic heterocycles. The van der Waals surface area contributed by atoms with E-state index in [4.69, 9.17) is 9.15 Å². The number of methoxy groups -OCH3 is 1. The van der Waals surface area contributed by atoms with Gasteiger partial charge in [-0.3, -0.25) is 4.98 Å². The Bertz CT molecular complexity index is 506. The molecule has 17 heavy (non-hydrogen) atoms. The number of aryl methyl sites for hydroxylation is 2. The number of furan rings is 1. The van der Waals surface area contributed by atoms with E-state index in [0.717, 1.165) is 28.7 Å². The van der Waals surface area contributed by atoms with Crippen LogP contribution in [0.1, 0.15) is 17.2 Å². The van der Waals surface area contributed by atoms with Gasteiger partial charge in [-0.15, -0.1) is 0 Å². The molecule has 0 amide bonds. The van der Waals surface area contributed by atoms with E-state index in [0.29, 0.717) is 6.54 Å². The zero-order valence-corrected chi connectivity index (χ0v) is 10.3. The summed E-state index contributed by atoms with van der Waals surface area (Å²) in [6.07, 6.45) is 1.71. The predicted molar refractivity (Wildman–Crippen MR) is 66.3 cm³/mol. The van der Waals surface area contributed by atoms with E-state index in [1.165, 1.54) is 0 Å². The molecule has 0 aliphatic rings. The lowest BCUT2D eigenvalue weighted by atomic mass is 10.3. The van der Waals surface area contributed by atoms with Gasteiger partial charge in [0, 0.05) is 5.69 Å². The molecule has 0 spiro atoms. The number of ether oxygens (including phenoxy) is 1. The predicted octanol–water partition coefficient (Wildman–Crippen LogP) is 2.91. The van der Waals surface area contributed by atoms with Crippen LogP contribution in [-0.2, 0) is 6.54 Å². The molecule has 0 saturated carbocycles. The largest absolute Gasteiger partial charge is 0.493 e. The number of pyridine rings is 1. The number of nitrogens with zero attached hydrogens (tertiary/aromatic N) is 1. The maximum Gasteiger partial charge on any atom is 0.160 e. The summed E-state index contributed by atoms with van der Waals surface area (Å²) in [6.45, 7) is 4.51. The topological polar surface area (TPSA) is 47.3 Å². The highest BCUT2D eigenvalue weighted by molar-refractivity contribution is 5.55. The molecule has 0 aromatic carbocycles. The normalized spacial score (nSPS) is 10.3. The van der Waals surface area contributed by atoms with Crippen molar-refractivity contribution < 1.29 is 9.15 Å². The van der Waals surface area contributed by atoms with Gasteiger partial charge in [-0.25, -0.2) is 0 Å². The van der Waals surface area contributed by atoms with Crippen molar-refractivity contribution >= 4 is 5.69 Å². The Morgan fingerprint density at radius 2 is 2.18 bits per heavy atom. The zero-order valence-electron chi connectivity index (χ0n) is 10.3. The highest BCUT2D eigenvalue weighted by Crippen LogP contribution is 2.24. The van der Waals surface area contributed by atoms with Crippen molar-refractivity contribution in [2.75, 3.05) is 12.4 Å². The van der Waals surface area contributed by atoms with Crippen LogP contribution in [0.5, 0.6) is 5.75 Å². The number of aromatic nitrogens is 1. The van der Waals surface area contributed by atoms with Crippen LogP contribution >= 0.6 is 0 Å². The number of hydrogen-bond donors (Lipinski definition) is 1. The Balaban J connectivity index is 2.10. The van der Waals surface area contributed by atoms with E-state index in [-0.39, 0.29) is 0 Å². The third kappa shape index (κ3) is 2.78. The van der Waals surface area contributed by atoms with Gasteiger partial charge in [-0.1, -0.05) is 0 Å². The molecule has 0 fully saturated rings. The van der Waals surface area contributed by atoms with Crippen LogP contribution in [0, 0.1) is 13.8 Å². The minimum Gasteiger partial charge on any atom is -0.493 e. The van der Waals surface area contributed by atoms with Crippen LogP contribution in [0.4, 0.5) is 5.69 Å². The van der Waals surface area contributed by atoms with Gasteiger partial charge in [0.2, 0.25) is 0 Å². The van der Waals surface area contributed by atoms with Crippen LogP contribution in [0.2, 0.25) is 0 Å². The summed E-state index contributed by atoms with van der Waals surface area (Å²) in [4.78, 5) is 4.18. The van der Waals surface area contributed by atoms with E-state index in [9.17, 15) is 0 Å². The highest BCUT2D eigenvalue weighted by Gasteiger charge is 2.05. The molecule has 0 unspecified atom stereocenters. The standard InChI is InChI=1S/C13H16N2O2/c1-9-6-12(13(16-3)8-14-9)15-7-11-5-4-10(2)17-11/h4-6,8H,7H2,1-3H3,(H,14,15). The zero-order chi connectivity index (χ0) is 12.3. The van der Waals surface area contributed by atoms with Crippen molar-refractivity contribution in [2.24, 2.45) is 0 Å². The summed E-state index contributed by atoms with van der Waals surface area (Å²) in [5.41, 5.74) is 1.87. The molecule has 0 bridgehead atoms. The van der Waals surface area contributed by atoms with Crippen molar-refractivity contribution in [3.05, 3.63) is 41.6 Å².